The van der Waals surface area contributed by atoms with Crippen LogP contribution in [0.4, 0.5) is 37.8 Å². The summed E-state index contributed by atoms with van der Waals surface area (Å²) in [5.41, 5.74) is -4.46. The van der Waals surface area contributed by atoms with Gasteiger partial charge in [-0.25, -0.2) is 4.68 Å². The molecule has 1 aromatic rings. The van der Waals surface area contributed by atoms with Crippen molar-refractivity contribution in [1.82, 2.24) is 9.78 Å². The van der Waals surface area contributed by atoms with Gasteiger partial charge in [0.05, 0.1) is 4.92 Å². The molecule has 0 aliphatic carbocycles. The van der Waals surface area contributed by atoms with Crippen LogP contribution in [-0.2, 0) is 13.5 Å². The standard InChI is InChI=1S/C12H14F6N4O2/c1-3-7-8(22(23)24)9(20(2)19-7)21-5-4-10(6-21,11(13,14)15)12(16,17)18/h3-6H2,1-2H3. The van der Waals surface area contributed by atoms with Crippen molar-refractivity contribution in [3.8, 4) is 0 Å². The van der Waals surface area contributed by atoms with E-state index in [4.69, 9.17) is 0 Å². The van der Waals surface area contributed by atoms with Crippen molar-refractivity contribution in [3.63, 3.8) is 0 Å². The Labute approximate surface area is 132 Å². The number of nitrogens with zero attached hydrogens (tertiary/aromatic N) is 4. The molecule has 12 heteroatoms. The lowest BCUT2D eigenvalue weighted by molar-refractivity contribution is -0.384. The van der Waals surface area contributed by atoms with E-state index in [0.717, 1.165) is 9.58 Å². The minimum absolute atomic E-state index is 0.00835. The average Bonchev–Trinajstić information content (AvgIpc) is 2.98. The Bertz CT molecular complexity index is 637. The van der Waals surface area contributed by atoms with E-state index in [-0.39, 0.29) is 17.9 Å². The number of nitro groups is 1. The van der Waals surface area contributed by atoms with Crippen LogP contribution in [0, 0.1) is 15.5 Å². The molecule has 6 nitrogen and oxygen atoms in total. The lowest BCUT2D eigenvalue weighted by Crippen LogP contribution is -2.51. The fraction of sp³-hybridized carbons (Fsp3) is 0.750. The molecule has 0 radical (unpaired) electrons. The zero-order valence-corrected chi connectivity index (χ0v) is 12.7. The second-order valence-corrected chi connectivity index (χ2v) is 5.60. The van der Waals surface area contributed by atoms with Crippen LogP contribution in [0.15, 0.2) is 0 Å². The third-order valence-corrected chi connectivity index (χ3v) is 4.23. The van der Waals surface area contributed by atoms with Crippen LogP contribution in [0.5, 0.6) is 0 Å². The van der Waals surface area contributed by atoms with Crippen LogP contribution < -0.4 is 4.90 Å². The van der Waals surface area contributed by atoms with Gasteiger partial charge >= 0.3 is 18.0 Å². The Kier molecular flexibility index (Phi) is 4.21. The molecular formula is C12H14F6N4O2. The average molecular weight is 360 g/mol. The van der Waals surface area contributed by atoms with Crippen molar-refractivity contribution in [1.29, 1.82) is 0 Å². The first-order valence-corrected chi connectivity index (χ1v) is 6.94. The first kappa shape index (κ1) is 18.3. The van der Waals surface area contributed by atoms with Gasteiger partial charge in [-0.05, 0) is 12.8 Å². The highest BCUT2D eigenvalue weighted by atomic mass is 19.4. The molecule has 2 rings (SSSR count). The smallest absolute Gasteiger partial charge is 0.350 e. The second-order valence-electron chi connectivity index (χ2n) is 5.60. The predicted molar refractivity (Wildman–Crippen MR) is 70.6 cm³/mol. The SMILES string of the molecule is CCc1nn(C)c(N2CCC(C(F)(F)F)(C(F)(F)F)C2)c1[N+](=O)[O-]. The summed E-state index contributed by atoms with van der Waals surface area (Å²) in [7, 11) is 1.25. The van der Waals surface area contributed by atoms with Crippen molar-refractivity contribution in [3.05, 3.63) is 15.8 Å². The maximum Gasteiger partial charge on any atom is 0.404 e. The summed E-state index contributed by atoms with van der Waals surface area (Å²) in [6.07, 6.45) is -12.1. The van der Waals surface area contributed by atoms with Gasteiger partial charge in [0.15, 0.2) is 5.41 Å². The number of aryl methyl sites for hydroxylation is 2. The van der Waals surface area contributed by atoms with Crippen LogP contribution in [0.1, 0.15) is 19.0 Å². The molecule has 0 amide bonds. The minimum atomic E-state index is -5.51. The van der Waals surface area contributed by atoms with Gasteiger partial charge in [-0.3, -0.25) is 10.1 Å². The number of halogens is 6. The number of aromatic nitrogens is 2. The molecule has 0 saturated carbocycles. The molecule has 0 unspecified atom stereocenters. The van der Waals surface area contributed by atoms with Gasteiger partial charge in [0.2, 0.25) is 5.82 Å². The monoisotopic (exact) mass is 360 g/mol. The van der Waals surface area contributed by atoms with E-state index in [9.17, 15) is 36.5 Å². The Morgan fingerprint density at radius 1 is 1.25 bits per heavy atom. The third-order valence-electron chi connectivity index (χ3n) is 4.23. The molecule has 0 N–H and O–H groups in total. The maximum absolute atomic E-state index is 13.1. The van der Waals surface area contributed by atoms with Gasteiger partial charge in [0.25, 0.3) is 0 Å². The van der Waals surface area contributed by atoms with Crippen LogP contribution in [0.2, 0.25) is 0 Å². The summed E-state index contributed by atoms with van der Waals surface area (Å²) in [5.74, 6) is -0.341. The van der Waals surface area contributed by atoms with Gasteiger partial charge in [-0.2, -0.15) is 31.4 Å². The Hall–Kier alpha value is -2.01. The summed E-state index contributed by atoms with van der Waals surface area (Å²) in [4.78, 5) is 11.1. The lowest BCUT2D eigenvalue weighted by atomic mass is 9.85. The fourth-order valence-electron chi connectivity index (χ4n) is 2.95. The number of anilines is 1. The van der Waals surface area contributed by atoms with Crippen LogP contribution in [0.3, 0.4) is 0 Å². The van der Waals surface area contributed by atoms with Gasteiger partial charge in [-0.1, -0.05) is 6.92 Å². The quantitative estimate of drug-likeness (QED) is 0.472. The molecule has 0 bridgehead atoms. The summed E-state index contributed by atoms with van der Waals surface area (Å²) >= 11 is 0. The largest absolute Gasteiger partial charge is 0.404 e. The van der Waals surface area contributed by atoms with Crippen molar-refractivity contribution >= 4 is 11.5 Å². The third kappa shape index (κ3) is 2.57. The van der Waals surface area contributed by atoms with Crippen molar-refractivity contribution in [2.45, 2.75) is 32.1 Å². The fourth-order valence-corrected chi connectivity index (χ4v) is 2.95. The van der Waals surface area contributed by atoms with Crippen molar-refractivity contribution < 1.29 is 31.3 Å². The number of rotatable bonds is 3. The number of alkyl halides is 6. The van der Waals surface area contributed by atoms with Crippen LogP contribution in [-0.4, -0.2) is 40.1 Å². The highest BCUT2D eigenvalue weighted by Gasteiger charge is 2.72. The van der Waals surface area contributed by atoms with E-state index in [2.05, 4.69) is 5.10 Å². The van der Waals surface area contributed by atoms with E-state index in [1.54, 1.807) is 6.92 Å². The van der Waals surface area contributed by atoms with Gasteiger partial charge in [0, 0.05) is 20.1 Å². The van der Waals surface area contributed by atoms with Crippen LogP contribution in [0.25, 0.3) is 0 Å². The molecule has 0 spiro atoms. The molecule has 1 aromatic heterocycles. The number of hydrogen-bond acceptors (Lipinski definition) is 4. The summed E-state index contributed by atoms with van der Waals surface area (Å²) in [5, 5.41) is 15.0. The first-order chi connectivity index (χ1) is 10.9. The minimum Gasteiger partial charge on any atom is -0.350 e. The molecule has 0 aromatic carbocycles. The van der Waals surface area contributed by atoms with Crippen LogP contribution >= 0.6 is 0 Å². The molecule has 136 valence electrons. The predicted octanol–water partition coefficient (Wildman–Crippen LogP) is 3.21. The topological polar surface area (TPSA) is 64.2 Å². The second kappa shape index (κ2) is 5.52. The molecular weight excluding hydrogens is 346 g/mol. The van der Waals surface area contributed by atoms with E-state index in [1.807, 2.05) is 0 Å². The van der Waals surface area contributed by atoms with E-state index in [1.165, 1.54) is 7.05 Å². The summed E-state index contributed by atoms with van der Waals surface area (Å²) < 4.78 is 79.7. The maximum atomic E-state index is 13.1. The lowest BCUT2D eigenvalue weighted by Gasteiger charge is -2.33. The van der Waals surface area contributed by atoms with Crippen molar-refractivity contribution in [2.75, 3.05) is 18.0 Å². The first-order valence-electron chi connectivity index (χ1n) is 6.94. The summed E-state index contributed by atoms with van der Waals surface area (Å²) in [6, 6.07) is 0. The highest BCUT2D eigenvalue weighted by Crippen LogP contribution is 2.56. The van der Waals surface area contributed by atoms with Gasteiger partial charge in [0.1, 0.15) is 5.69 Å². The summed E-state index contributed by atoms with van der Waals surface area (Å²) in [6.45, 7) is -0.481. The zero-order chi connectivity index (χ0) is 18.5. The van der Waals surface area contributed by atoms with Crippen molar-refractivity contribution in [2.24, 2.45) is 12.5 Å². The Morgan fingerprint density at radius 3 is 2.17 bits per heavy atom. The van der Waals surface area contributed by atoms with Gasteiger partial charge in [-0.15, -0.1) is 0 Å². The van der Waals surface area contributed by atoms with Gasteiger partial charge < -0.3 is 4.90 Å². The normalized spacial score (nSPS) is 18.2. The molecule has 24 heavy (non-hydrogen) atoms. The number of hydrogen-bond donors (Lipinski definition) is 0. The van der Waals surface area contributed by atoms with E-state index in [0.29, 0.717) is 0 Å². The highest BCUT2D eigenvalue weighted by molar-refractivity contribution is 5.62. The molecule has 0 atom stereocenters. The molecule has 1 aliphatic rings. The molecule has 1 saturated heterocycles. The molecule has 2 heterocycles. The molecule has 1 fully saturated rings. The van der Waals surface area contributed by atoms with E-state index < -0.39 is 47.9 Å². The Morgan fingerprint density at radius 2 is 1.79 bits per heavy atom. The molecule has 1 aliphatic heterocycles. The zero-order valence-electron chi connectivity index (χ0n) is 12.7. The Balaban J connectivity index is 2.52. The van der Waals surface area contributed by atoms with E-state index >= 15 is 0 Å².